The molecule has 0 unspecified atom stereocenters. The number of hydrogen-bond acceptors (Lipinski definition) is 3. The van der Waals surface area contributed by atoms with Crippen LogP contribution in [-0.4, -0.2) is 24.7 Å². The molecule has 0 saturated carbocycles. The molecule has 0 fully saturated rings. The average Bonchev–Trinajstić information content (AvgIpc) is 1.87. The first-order valence-corrected chi connectivity index (χ1v) is 3.73. The molecule has 0 heterocycles. The summed E-state index contributed by atoms with van der Waals surface area (Å²) in [6.07, 6.45) is 0.641. The van der Waals surface area contributed by atoms with E-state index in [0.717, 1.165) is 0 Å². The third kappa shape index (κ3) is 6.13. The zero-order valence-electron chi connectivity index (χ0n) is 7.02. The predicted octanol–water partition coefficient (Wildman–Crippen LogP) is 2.18. The van der Waals surface area contributed by atoms with Crippen LogP contribution in [0.2, 0.25) is 0 Å². The van der Waals surface area contributed by atoms with Gasteiger partial charge in [-0.3, -0.25) is 0 Å². The van der Waals surface area contributed by atoms with E-state index in [1.165, 1.54) is 0 Å². The van der Waals surface area contributed by atoms with Gasteiger partial charge in [0.25, 0.3) is 0 Å². The molecule has 0 aliphatic carbocycles. The molecule has 66 valence electrons. The molecule has 11 heavy (non-hydrogen) atoms. The fraction of sp³-hybridized carbons (Fsp3) is 0.857. The number of rotatable bonds is 4. The van der Waals surface area contributed by atoms with E-state index in [2.05, 4.69) is 4.74 Å². The molecule has 0 amide bonds. The Bertz CT molecular complexity index is 134. The van der Waals surface area contributed by atoms with Gasteiger partial charge in [-0.25, -0.2) is 4.79 Å². The highest BCUT2D eigenvalue weighted by atomic mass is 35.5. The van der Waals surface area contributed by atoms with Gasteiger partial charge < -0.3 is 9.47 Å². The summed E-state index contributed by atoms with van der Waals surface area (Å²) >= 11 is 4.95. The van der Waals surface area contributed by atoms with Crippen molar-refractivity contribution in [3.63, 3.8) is 0 Å². The summed E-state index contributed by atoms with van der Waals surface area (Å²) in [5.41, 5.74) is -1.02. The Labute approximate surface area is 71.6 Å². The van der Waals surface area contributed by atoms with E-state index in [0.29, 0.717) is 13.0 Å². The molecule has 0 saturated heterocycles. The Kier molecular flexibility index (Phi) is 4.45. The molecule has 0 aromatic heterocycles. The van der Waals surface area contributed by atoms with E-state index in [-0.39, 0.29) is 5.60 Å². The molecule has 0 atom stereocenters. The van der Waals surface area contributed by atoms with Crippen LogP contribution in [0.15, 0.2) is 0 Å². The molecular weight excluding hydrogens is 168 g/mol. The van der Waals surface area contributed by atoms with E-state index in [4.69, 9.17) is 16.3 Å². The van der Waals surface area contributed by atoms with Crippen molar-refractivity contribution < 1.29 is 14.3 Å². The zero-order chi connectivity index (χ0) is 8.91. The minimum Gasteiger partial charge on any atom is -0.454 e. The number of carbonyl (C=O) groups is 1. The van der Waals surface area contributed by atoms with Crippen LogP contribution in [0.3, 0.4) is 0 Å². The summed E-state index contributed by atoms with van der Waals surface area (Å²) in [6, 6.07) is 0. The summed E-state index contributed by atoms with van der Waals surface area (Å²) in [5, 5.41) is 0. The summed E-state index contributed by atoms with van der Waals surface area (Å²) in [7, 11) is 1.61. The topological polar surface area (TPSA) is 35.5 Å². The van der Waals surface area contributed by atoms with Crippen molar-refractivity contribution in [2.75, 3.05) is 13.7 Å². The summed E-state index contributed by atoms with van der Waals surface area (Å²) in [6.45, 7) is 4.12. The lowest BCUT2D eigenvalue weighted by Crippen LogP contribution is -2.24. The standard InChI is InChI=1S/C7H13ClO3/c1-7(2,10-3)4-5-11-6(8)9/h4-5H2,1-3H3. The average molecular weight is 181 g/mol. The third-order valence-electron chi connectivity index (χ3n) is 1.47. The molecule has 0 bridgehead atoms. The van der Waals surface area contributed by atoms with Crippen LogP contribution in [0.1, 0.15) is 20.3 Å². The first-order valence-electron chi connectivity index (χ1n) is 3.35. The summed E-state index contributed by atoms with van der Waals surface area (Å²) in [4.78, 5) is 10.1. The van der Waals surface area contributed by atoms with Gasteiger partial charge in [0.1, 0.15) is 0 Å². The van der Waals surface area contributed by atoms with E-state index in [1.54, 1.807) is 7.11 Å². The Morgan fingerprint density at radius 2 is 2.09 bits per heavy atom. The lowest BCUT2D eigenvalue weighted by molar-refractivity contribution is 0.00205. The van der Waals surface area contributed by atoms with Gasteiger partial charge in [0, 0.05) is 25.1 Å². The molecular formula is C7H13ClO3. The van der Waals surface area contributed by atoms with E-state index < -0.39 is 5.43 Å². The van der Waals surface area contributed by atoms with Gasteiger partial charge in [0.2, 0.25) is 0 Å². The molecule has 0 spiro atoms. The minimum absolute atomic E-state index is 0.258. The second kappa shape index (κ2) is 4.57. The number of carbonyl (C=O) groups excluding carboxylic acids is 1. The van der Waals surface area contributed by atoms with Crippen molar-refractivity contribution in [3.05, 3.63) is 0 Å². The van der Waals surface area contributed by atoms with Gasteiger partial charge in [-0.15, -0.1) is 0 Å². The van der Waals surface area contributed by atoms with Gasteiger partial charge in [0.15, 0.2) is 0 Å². The third-order valence-corrected chi connectivity index (χ3v) is 1.58. The SMILES string of the molecule is COC(C)(C)CCOC(=O)Cl. The van der Waals surface area contributed by atoms with Crippen LogP contribution in [0, 0.1) is 0 Å². The van der Waals surface area contributed by atoms with Crippen molar-refractivity contribution in [1.29, 1.82) is 0 Å². The maximum Gasteiger partial charge on any atom is 0.403 e. The van der Waals surface area contributed by atoms with Gasteiger partial charge in [-0.1, -0.05) is 0 Å². The molecule has 0 aromatic carbocycles. The van der Waals surface area contributed by atoms with Gasteiger partial charge >= 0.3 is 5.43 Å². The molecule has 4 heteroatoms. The molecule has 3 nitrogen and oxygen atoms in total. The van der Waals surface area contributed by atoms with Crippen molar-refractivity contribution in [3.8, 4) is 0 Å². The molecule has 0 N–H and O–H groups in total. The maximum atomic E-state index is 10.1. The largest absolute Gasteiger partial charge is 0.454 e. The maximum absolute atomic E-state index is 10.1. The summed E-state index contributed by atoms with van der Waals surface area (Å²) in [5.74, 6) is 0. The van der Waals surface area contributed by atoms with Crippen molar-refractivity contribution in [2.45, 2.75) is 25.9 Å². The molecule has 0 rings (SSSR count). The van der Waals surface area contributed by atoms with Crippen molar-refractivity contribution in [1.82, 2.24) is 0 Å². The van der Waals surface area contributed by atoms with Crippen LogP contribution in [-0.2, 0) is 9.47 Å². The fourth-order valence-corrected chi connectivity index (χ4v) is 0.556. The lowest BCUT2D eigenvalue weighted by Gasteiger charge is -2.21. The molecule has 0 aliphatic heterocycles. The van der Waals surface area contributed by atoms with Crippen LogP contribution >= 0.6 is 11.6 Å². The van der Waals surface area contributed by atoms with Gasteiger partial charge in [0.05, 0.1) is 12.2 Å². The molecule has 0 radical (unpaired) electrons. The summed E-state index contributed by atoms with van der Waals surface area (Å²) < 4.78 is 9.61. The van der Waals surface area contributed by atoms with Crippen molar-refractivity contribution >= 4 is 17.0 Å². The number of halogens is 1. The smallest absolute Gasteiger partial charge is 0.403 e. The lowest BCUT2D eigenvalue weighted by atomic mass is 10.1. The van der Waals surface area contributed by atoms with Crippen LogP contribution < -0.4 is 0 Å². The monoisotopic (exact) mass is 180 g/mol. The Hall–Kier alpha value is -0.280. The Morgan fingerprint density at radius 3 is 2.45 bits per heavy atom. The van der Waals surface area contributed by atoms with Crippen LogP contribution in [0.4, 0.5) is 4.79 Å². The predicted molar refractivity (Wildman–Crippen MR) is 42.9 cm³/mol. The first-order chi connectivity index (χ1) is 4.98. The zero-order valence-corrected chi connectivity index (χ0v) is 7.77. The van der Waals surface area contributed by atoms with E-state index in [9.17, 15) is 4.79 Å². The highest BCUT2D eigenvalue weighted by molar-refractivity contribution is 6.61. The quantitative estimate of drug-likeness (QED) is 0.622. The molecule has 0 aromatic rings. The molecule has 0 aliphatic rings. The number of ether oxygens (including phenoxy) is 2. The van der Waals surface area contributed by atoms with Gasteiger partial charge in [-0.2, -0.15) is 0 Å². The number of methoxy groups -OCH3 is 1. The minimum atomic E-state index is -0.767. The fourth-order valence-electron chi connectivity index (χ4n) is 0.479. The Balaban J connectivity index is 3.45. The van der Waals surface area contributed by atoms with E-state index >= 15 is 0 Å². The highest BCUT2D eigenvalue weighted by Crippen LogP contribution is 2.12. The van der Waals surface area contributed by atoms with Gasteiger partial charge in [-0.05, 0) is 13.8 Å². The van der Waals surface area contributed by atoms with Crippen molar-refractivity contribution in [2.24, 2.45) is 0 Å². The highest BCUT2D eigenvalue weighted by Gasteiger charge is 2.16. The second-order valence-corrected chi connectivity index (χ2v) is 3.11. The van der Waals surface area contributed by atoms with E-state index in [1.807, 2.05) is 13.8 Å². The first kappa shape index (κ1) is 10.7. The second-order valence-electron chi connectivity index (χ2n) is 2.80. The number of hydrogen-bond donors (Lipinski definition) is 0. The normalized spacial score (nSPS) is 11.3. The van der Waals surface area contributed by atoms with Crippen LogP contribution in [0.5, 0.6) is 0 Å². The Morgan fingerprint density at radius 1 is 1.55 bits per heavy atom. The van der Waals surface area contributed by atoms with Crippen LogP contribution in [0.25, 0.3) is 0 Å².